The third-order valence-corrected chi connectivity index (χ3v) is 2.61. The summed E-state index contributed by atoms with van der Waals surface area (Å²) in [5.74, 6) is 1.48. The first-order valence-corrected chi connectivity index (χ1v) is 4.64. The molecular weight excluding hydrogens is 234 g/mol. The summed E-state index contributed by atoms with van der Waals surface area (Å²) >= 11 is 3.41. The van der Waals surface area contributed by atoms with Gasteiger partial charge in [0.05, 0.1) is 17.3 Å². The van der Waals surface area contributed by atoms with Gasteiger partial charge in [0.15, 0.2) is 5.82 Å². The molecule has 0 radical (unpaired) electrons. The van der Waals surface area contributed by atoms with Gasteiger partial charge in [-0.05, 0) is 29.8 Å². The molecule has 0 saturated heterocycles. The number of rotatable bonds is 2. The molecule has 1 rings (SSSR count). The fraction of sp³-hybridized carbons (Fsp3) is 0.500. The van der Waals surface area contributed by atoms with Gasteiger partial charge in [-0.3, -0.25) is 4.84 Å². The second-order valence-corrected chi connectivity index (χ2v) is 3.47. The van der Waals surface area contributed by atoms with E-state index < -0.39 is 0 Å². The fourth-order valence-electron chi connectivity index (χ4n) is 0.976. The fourth-order valence-corrected chi connectivity index (χ4v) is 1.40. The third kappa shape index (κ3) is 2.16. The number of anilines is 1. The van der Waals surface area contributed by atoms with Crippen LogP contribution in [-0.2, 0) is 4.84 Å². The Morgan fingerprint density at radius 3 is 2.46 bits per heavy atom. The highest BCUT2D eigenvalue weighted by molar-refractivity contribution is 9.10. The molecule has 1 aromatic heterocycles. The minimum absolute atomic E-state index is 0.736. The van der Waals surface area contributed by atoms with E-state index in [1.54, 1.807) is 19.2 Å². The van der Waals surface area contributed by atoms with E-state index in [0.29, 0.717) is 0 Å². The third-order valence-electron chi connectivity index (χ3n) is 1.68. The van der Waals surface area contributed by atoms with Gasteiger partial charge in [0.2, 0.25) is 0 Å². The number of nitrogens with zero attached hydrogens (tertiary/aromatic N) is 3. The summed E-state index contributed by atoms with van der Waals surface area (Å²) in [4.78, 5) is 13.5. The number of hydrogen-bond acceptors (Lipinski definition) is 4. The van der Waals surface area contributed by atoms with Crippen molar-refractivity contribution in [3.8, 4) is 0 Å². The van der Waals surface area contributed by atoms with Crippen molar-refractivity contribution in [1.82, 2.24) is 9.97 Å². The maximum Gasteiger partial charge on any atom is 0.170 e. The highest BCUT2D eigenvalue weighted by Crippen LogP contribution is 2.25. The van der Waals surface area contributed by atoms with Crippen LogP contribution in [0.2, 0.25) is 0 Å². The van der Waals surface area contributed by atoms with Gasteiger partial charge >= 0.3 is 0 Å². The van der Waals surface area contributed by atoms with Crippen molar-refractivity contribution < 1.29 is 4.84 Å². The van der Waals surface area contributed by atoms with Crippen LogP contribution < -0.4 is 5.06 Å². The maximum atomic E-state index is 5.04. The van der Waals surface area contributed by atoms with Gasteiger partial charge in [-0.2, -0.15) is 0 Å². The van der Waals surface area contributed by atoms with Crippen molar-refractivity contribution in [3.05, 3.63) is 16.0 Å². The zero-order chi connectivity index (χ0) is 10.0. The van der Waals surface area contributed by atoms with E-state index in [9.17, 15) is 0 Å². The standard InChI is InChI=1S/C8H12BrN3O/c1-5-7(9)8(12(3)13-4)11-6(2)10-5/h1-4H3. The second kappa shape index (κ2) is 4.02. The van der Waals surface area contributed by atoms with E-state index in [1.165, 1.54) is 0 Å². The molecule has 4 nitrogen and oxygen atoms in total. The van der Waals surface area contributed by atoms with Crippen LogP contribution in [0.5, 0.6) is 0 Å². The van der Waals surface area contributed by atoms with Gasteiger partial charge in [0.1, 0.15) is 5.82 Å². The molecular formula is C8H12BrN3O. The van der Waals surface area contributed by atoms with Gasteiger partial charge in [-0.15, -0.1) is 0 Å². The minimum atomic E-state index is 0.736. The molecule has 1 aromatic rings. The SMILES string of the molecule is CON(C)c1nc(C)nc(C)c1Br. The van der Waals surface area contributed by atoms with Gasteiger partial charge in [-0.25, -0.2) is 15.0 Å². The van der Waals surface area contributed by atoms with Gasteiger partial charge < -0.3 is 0 Å². The summed E-state index contributed by atoms with van der Waals surface area (Å²) in [5.41, 5.74) is 0.909. The Morgan fingerprint density at radius 1 is 1.31 bits per heavy atom. The lowest BCUT2D eigenvalue weighted by Crippen LogP contribution is -2.18. The van der Waals surface area contributed by atoms with Crippen LogP contribution in [-0.4, -0.2) is 24.1 Å². The quantitative estimate of drug-likeness (QED) is 0.746. The number of hydroxylamine groups is 1. The molecule has 1 heterocycles. The number of halogens is 1. The predicted octanol–water partition coefficient (Wildman–Crippen LogP) is 1.85. The second-order valence-electron chi connectivity index (χ2n) is 2.67. The maximum absolute atomic E-state index is 5.04. The van der Waals surface area contributed by atoms with E-state index in [2.05, 4.69) is 25.9 Å². The summed E-state index contributed by atoms with van der Waals surface area (Å²) < 4.78 is 0.863. The Balaban J connectivity index is 3.20. The van der Waals surface area contributed by atoms with Crippen molar-refractivity contribution in [2.45, 2.75) is 13.8 Å². The molecule has 72 valence electrons. The molecule has 0 amide bonds. The molecule has 0 fully saturated rings. The molecule has 0 spiro atoms. The minimum Gasteiger partial charge on any atom is -0.276 e. The van der Waals surface area contributed by atoms with Crippen molar-refractivity contribution in [1.29, 1.82) is 0 Å². The number of hydrogen-bond donors (Lipinski definition) is 0. The monoisotopic (exact) mass is 245 g/mol. The lowest BCUT2D eigenvalue weighted by molar-refractivity contribution is 0.182. The molecule has 0 bridgehead atoms. The molecule has 0 aliphatic heterocycles. The van der Waals surface area contributed by atoms with Crippen molar-refractivity contribution in [3.63, 3.8) is 0 Å². The molecule has 13 heavy (non-hydrogen) atoms. The Labute approximate surface area is 86.0 Å². The van der Waals surface area contributed by atoms with Crippen LogP contribution in [0.3, 0.4) is 0 Å². The highest BCUT2D eigenvalue weighted by Gasteiger charge is 2.10. The van der Waals surface area contributed by atoms with Gasteiger partial charge in [0, 0.05) is 7.05 Å². The zero-order valence-electron chi connectivity index (χ0n) is 8.13. The van der Waals surface area contributed by atoms with Gasteiger partial charge in [0.25, 0.3) is 0 Å². The Hall–Kier alpha value is -0.680. The Bertz CT molecular complexity index is 317. The molecule has 0 atom stereocenters. The summed E-state index contributed by atoms with van der Waals surface area (Å²) in [6.07, 6.45) is 0. The summed E-state index contributed by atoms with van der Waals surface area (Å²) in [7, 11) is 3.39. The lowest BCUT2D eigenvalue weighted by Gasteiger charge is -2.17. The predicted molar refractivity (Wildman–Crippen MR) is 54.6 cm³/mol. The Morgan fingerprint density at radius 2 is 1.92 bits per heavy atom. The van der Waals surface area contributed by atoms with E-state index in [1.807, 2.05) is 13.8 Å². The van der Waals surface area contributed by atoms with E-state index in [-0.39, 0.29) is 0 Å². The van der Waals surface area contributed by atoms with Crippen molar-refractivity contribution in [2.75, 3.05) is 19.2 Å². The van der Waals surface area contributed by atoms with E-state index in [0.717, 1.165) is 21.8 Å². The molecule has 0 saturated carbocycles. The average Bonchev–Trinajstić information content (AvgIpc) is 2.10. The van der Waals surface area contributed by atoms with Crippen LogP contribution in [0.25, 0.3) is 0 Å². The first kappa shape index (κ1) is 10.4. The largest absolute Gasteiger partial charge is 0.276 e. The van der Waals surface area contributed by atoms with Crippen molar-refractivity contribution in [2.24, 2.45) is 0 Å². The average molecular weight is 246 g/mol. The van der Waals surface area contributed by atoms with Crippen LogP contribution >= 0.6 is 15.9 Å². The molecule has 0 aromatic carbocycles. The first-order valence-electron chi connectivity index (χ1n) is 3.85. The normalized spacial score (nSPS) is 10.2. The molecule has 0 N–H and O–H groups in total. The molecule has 0 aliphatic carbocycles. The summed E-state index contributed by atoms with van der Waals surface area (Å²) in [6.45, 7) is 3.78. The molecule has 0 unspecified atom stereocenters. The molecule has 5 heteroatoms. The van der Waals surface area contributed by atoms with Crippen LogP contribution in [0.4, 0.5) is 5.82 Å². The lowest BCUT2D eigenvalue weighted by atomic mass is 10.4. The van der Waals surface area contributed by atoms with Crippen LogP contribution in [0.15, 0.2) is 4.47 Å². The van der Waals surface area contributed by atoms with Gasteiger partial charge in [-0.1, -0.05) is 0 Å². The van der Waals surface area contributed by atoms with Crippen LogP contribution in [0.1, 0.15) is 11.5 Å². The van der Waals surface area contributed by atoms with E-state index >= 15 is 0 Å². The topological polar surface area (TPSA) is 38.2 Å². The first-order chi connectivity index (χ1) is 6.06. The highest BCUT2D eigenvalue weighted by atomic mass is 79.9. The number of aryl methyl sites for hydroxylation is 2. The van der Waals surface area contributed by atoms with Crippen molar-refractivity contribution >= 4 is 21.7 Å². The number of aromatic nitrogens is 2. The molecule has 0 aliphatic rings. The Kier molecular flexibility index (Phi) is 3.22. The zero-order valence-corrected chi connectivity index (χ0v) is 9.71. The summed E-state index contributed by atoms with van der Waals surface area (Å²) in [6, 6.07) is 0. The van der Waals surface area contributed by atoms with E-state index in [4.69, 9.17) is 4.84 Å². The smallest absolute Gasteiger partial charge is 0.170 e. The summed E-state index contributed by atoms with van der Waals surface area (Å²) in [5, 5.41) is 1.59. The van der Waals surface area contributed by atoms with Crippen LogP contribution in [0, 0.1) is 13.8 Å².